The van der Waals surface area contributed by atoms with Gasteiger partial charge in [-0.15, -0.1) is 0 Å². The Kier molecular flexibility index (Phi) is 3.59. The van der Waals surface area contributed by atoms with E-state index in [-0.39, 0.29) is 21.5 Å². The van der Waals surface area contributed by atoms with E-state index in [2.05, 4.69) is 5.32 Å². The van der Waals surface area contributed by atoms with Crippen LogP contribution in [0.15, 0.2) is 23.1 Å². The first kappa shape index (κ1) is 12.3. The van der Waals surface area contributed by atoms with Crippen molar-refractivity contribution in [3.05, 3.63) is 23.2 Å². The maximum Gasteiger partial charge on any atom is 0.261 e. The van der Waals surface area contributed by atoms with Gasteiger partial charge in [0.25, 0.3) is 9.05 Å². The molecule has 1 aromatic carbocycles. The van der Waals surface area contributed by atoms with E-state index in [4.69, 9.17) is 22.3 Å². The molecule has 1 amide bonds. The predicted molar refractivity (Wildman–Crippen MR) is 58.8 cm³/mol. The first-order chi connectivity index (χ1) is 6.80. The summed E-state index contributed by atoms with van der Waals surface area (Å²) in [6, 6.07) is 3.81. The summed E-state index contributed by atoms with van der Waals surface area (Å²) in [5, 5.41) is 2.64. The van der Waals surface area contributed by atoms with Crippen molar-refractivity contribution in [2.24, 2.45) is 0 Å². The van der Waals surface area contributed by atoms with E-state index >= 15 is 0 Å². The van der Waals surface area contributed by atoms with E-state index in [1.165, 1.54) is 25.1 Å². The van der Waals surface area contributed by atoms with E-state index in [0.29, 0.717) is 0 Å². The molecule has 1 rings (SSSR count). The first-order valence-corrected chi connectivity index (χ1v) is 6.51. The minimum Gasteiger partial charge on any atom is -0.325 e. The molecule has 0 heterocycles. The molecule has 4 nitrogen and oxygen atoms in total. The minimum atomic E-state index is -3.82. The lowest BCUT2D eigenvalue weighted by Gasteiger charge is -2.05. The summed E-state index contributed by atoms with van der Waals surface area (Å²) in [4.78, 5) is 10.7. The number of carbonyl (C=O) groups is 1. The summed E-state index contributed by atoms with van der Waals surface area (Å²) in [5.41, 5.74) is 0.214. The molecule has 0 aromatic heterocycles. The third-order valence-electron chi connectivity index (χ3n) is 1.53. The molecule has 0 bridgehead atoms. The van der Waals surface area contributed by atoms with Crippen LogP contribution in [-0.4, -0.2) is 14.3 Å². The van der Waals surface area contributed by atoms with Crippen LogP contribution in [-0.2, 0) is 13.8 Å². The van der Waals surface area contributed by atoms with Crippen LogP contribution in [0.2, 0.25) is 5.02 Å². The second-order valence-corrected chi connectivity index (χ2v) is 5.73. The number of hydrogen-bond acceptors (Lipinski definition) is 3. The van der Waals surface area contributed by atoms with Crippen molar-refractivity contribution in [2.45, 2.75) is 11.8 Å². The Morgan fingerprint density at radius 2 is 2.00 bits per heavy atom. The Morgan fingerprint density at radius 3 is 2.47 bits per heavy atom. The number of anilines is 1. The predicted octanol–water partition coefficient (Wildman–Crippen LogP) is 2.23. The van der Waals surface area contributed by atoms with Crippen LogP contribution in [0.5, 0.6) is 0 Å². The van der Waals surface area contributed by atoms with Gasteiger partial charge in [-0.2, -0.15) is 0 Å². The Balaban J connectivity index is 3.23. The fourth-order valence-electron chi connectivity index (χ4n) is 0.941. The van der Waals surface area contributed by atoms with Crippen molar-refractivity contribution in [3.63, 3.8) is 0 Å². The van der Waals surface area contributed by atoms with Gasteiger partial charge in [-0.1, -0.05) is 11.6 Å². The largest absolute Gasteiger partial charge is 0.325 e. The summed E-state index contributed by atoms with van der Waals surface area (Å²) in [6.07, 6.45) is 0. The number of halogens is 2. The van der Waals surface area contributed by atoms with Crippen molar-refractivity contribution < 1.29 is 13.2 Å². The number of hydrogen-bond donors (Lipinski definition) is 1. The Hall–Kier alpha value is -0.780. The summed E-state index contributed by atoms with van der Waals surface area (Å²) in [5.74, 6) is -0.346. The van der Waals surface area contributed by atoms with Gasteiger partial charge < -0.3 is 5.32 Å². The highest BCUT2D eigenvalue weighted by molar-refractivity contribution is 8.13. The van der Waals surface area contributed by atoms with Gasteiger partial charge in [0.1, 0.15) is 0 Å². The third kappa shape index (κ3) is 3.37. The molecule has 0 radical (unpaired) electrons. The Labute approximate surface area is 96.6 Å². The lowest BCUT2D eigenvalue weighted by atomic mass is 10.3. The number of amides is 1. The Bertz CT molecular complexity index is 499. The van der Waals surface area contributed by atoms with Crippen LogP contribution in [0.3, 0.4) is 0 Å². The molecule has 15 heavy (non-hydrogen) atoms. The molecule has 0 saturated carbocycles. The molecule has 0 fully saturated rings. The van der Waals surface area contributed by atoms with Gasteiger partial charge in [0.15, 0.2) is 0 Å². The van der Waals surface area contributed by atoms with Crippen LogP contribution in [0.4, 0.5) is 5.69 Å². The summed E-state index contributed by atoms with van der Waals surface area (Å²) in [7, 11) is 1.32. The van der Waals surface area contributed by atoms with Crippen LogP contribution in [0.25, 0.3) is 0 Å². The monoisotopic (exact) mass is 267 g/mol. The molecule has 0 spiro atoms. The van der Waals surface area contributed by atoms with Crippen LogP contribution in [0.1, 0.15) is 6.92 Å². The standard InChI is InChI=1S/C8H7Cl2NO3S/c1-5(12)11-8-4-6(15(10,13)14)2-3-7(8)9/h2-4H,1H3,(H,11,12). The van der Waals surface area contributed by atoms with Crippen molar-refractivity contribution >= 4 is 42.9 Å². The van der Waals surface area contributed by atoms with E-state index in [0.717, 1.165) is 0 Å². The smallest absolute Gasteiger partial charge is 0.261 e. The lowest BCUT2D eigenvalue weighted by Crippen LogP contribution is -2.06. The van der Waals surface area contributed by atoms with Crippen molar-refractivity contribution in [1.29, 1.82) is 0 Å². The average molecular weight is 268 g/mol. The highest BCUT2D eigenvalue weighted by atomic mass is 35.7. The van der Waals surface area contributed by atoms with Crippen molar-refractivity contribution in [2.75, 3.05) is 5.32 Å². The summed E-state index contributed by atoms with van der Waals surface area (Å²) < 4.78 is 22.0. The fraction of sp³-hybridized carbons (Fsp3) is 0.125. The van der Waals surface area contributed by atoms with Gasteiger partial charge in [0, 0.05) is 17.6 Å². The molecule has 1 aromatic rings. The summed E-state index contributed by atoms with van der Waals surface area (Å²) >= 11 is 5.74. The molecule has 82 valence electrons. The molecule has 0 unspecified atom stereocenters. The molecule has 0 aliphatic carbocycles. The zero-order valence-electron chi connectivity index (χ0n) is 7.62. The first-order valence-electron chi connectivity index (χ1n) is 3.82. The second kappa shape index (κ2) is 4.38. The van der Waals surface area contributed by atoms with Gasteiger partial charge in [-0.05, 0) is 18.2 Å². The zero-order chi connectivity index (χ0) is 11.6. The number of benzene rings is 1. The zero-order valence-corrected chi connectivity index (χ0v) is 9.95. The fourth-order valence-corrected chi connectivity index (χ4v) is 1.88. The van der Waals surface area contributed by atoms with E-state index in [1.807, 2.05) is 0 Å². The van der Waals surface area contributed by atoms with Gasteiger partial charge in [0.2, 0.25) is 5.91 Å². The number of carbonyl (C=O) groups excluding carboxylic acids is 1. The molecule has 0 atom stereocenters. The third-order valence-corrected chi connectivity index (χ3v) is 3.21. The van der Waals surface area contributed by atoms with Crippen molar-refractivity contribution in [1.82, 2.24) is 0 Å². The number of nitrogens with one attached hydrogen (secondary N) is 1. The maximum atomic E-state index is 11.0. The minimum absolute atomic E-state index is 0.114. The maximum absolute atomic E-state index is 11.0. The van der Waals surface area contributed by atoms with Gasteiger partial charge in [0.05, 0.1) is 15.6 Å². The average Bonchev–Trinajstić information content (AvgIpc) is 2.06. The normalized spacial score (nSPS) is 11.1. The molecular weight excluding hydrogens is 261 g/mol. The number of rotatable bonds is 2. The molecular formula is C8H7Cl2NO3S. The molecule has 0 aliphatic heterocycles. The molecule has 7 heteroatoms. The van der Waals surface area contributed by atoms with E-state index in [1.54, 1.807) is 0 Å². The van der Waals surface area contributed by atoms with E-state index < -0.39 is 9.05 Å². The van der Waals surface area contributed by atoms with E-state index in [9.17, 15) is 13.2 Å². The van der Waals surface area contributed by atoms with Gasteiger partial charge >= 0.3 is 0 Å². The van der Waals surface area contributed by atoms with Crippen molar-refractivity contribution in [3.8, 4) is 0 Å². The van der Waals surface area contributed by atoms with Crippen LogP contribution >= 0.6 is 22.3 Å². The quantitative estimate of drug-likeness (QED) is 0.836. The topological polar surface area (TPSA) is 63.2 Å². The second-order valence-electron chi connectivity index (χ2n) is 2.76. The highest BCUT2D eigenvalue weighted by Crippen LogP contribution is 2.26. The van der Waals surface area contributed by atoms with Crippen LogP contribution < -0.4 is 5.32 Å². The van der Waals surface area contributed by atoms with Gasteiger partial charge in [-0.3, -0.25) is 4.79 Å². The highest BCUT2D eigenvalue weighted by Gasteiger charge is 2.12. The Morgan fingerprint density at radius 1 is 1.40 bits per heavy atom. The lowest BCUT2D eigenvalue weighted by molar-refractivity contribution is -0.114. The molecule has 1 N–H and O–H groups in total. The SMILES string of the molecule is CC(=O)Nc1cc(S(=O)(=O)Cl)ccc1Cl. The van der Waals surface area contributed by atoms with Crippen LogP contribution in [0, 0.1) is 0 Å². The summed E-state index contributed by atoms with van der Waals surface area (Å²) in [6.45, 7) is 1.29. The molecule has 0 saturated heterocycles. The van der Waals surface area contributed by atoms with Gasteiger partial charge in [-0.25, -0.2) is 8.42 Å². The molecule has 0 aliphatic rings.